The van der Waals surface area contributed by atoms with E-state index in [9.17, 15) is 14.4 Å². The number of hydrogen-bond donors (Lipinski definition) is 0. The number of likely N-dealkylation sites (tertiary alicyclic amines) is 2. The summed E-state index contributed by atoms with van der Waals surface area (Å²) < 4.78 is 0. The summed E-state index contributed by atoms with van der Waals surface area (Å²) in [5.41, 5.74) is 0. The van der Waals surface area contributed by atoms with Crippen LogP contribution in [-0.2, 0) is 14.4 Å². The van der Waals surface area contributed by atoms with Crippen LogP contribution in [0.1, 0.15) is 32.1 Å². The number of carbonyl (C=O) groups is 3. The summed E-state index contributed by atoms with van der Waals surface area (Å²) in [6.45, 7) is 1.90. The van der Waals surface area contributed by atoms with Crippen LogP contribution in [0.5, 0.6) is 0 Å². The van der Waals surface area contributed by atoms with Gasteiger partial charge in [0.15, 0.2) is 0 Å². The van der Waals surface area contributed by atoms with Crippen molar-refractivity contribution in [2.75, 3.05) is 19.6 Å². The third kappa shape index (κ3) is 2.02. The molecule has 2 aliphatic heterocycles. The number of carbonyl (C=O) groups excluding carboxylic acids is 3. The van der Waals surface area contributed by atoms with Gasteiger partial charge in [0.05, 0.1) is 11.8 Å². The van der Waals surface area contributed by atoms with E-state index >= 15 is 0 Å². The molecular formula is C17H22N2O3. The number of allylic oxidation sites excluding steroid dienone is 2. The molecular weight excluding hydrogens is 280 g/mol. The van der Waals surface area contributed by atoms with Crippen LogP contribution in [0.3, 0.4) is 0 Å². The standard InChI is InChI=1S/C17H22N2O3/c20-13(18-7-2-1-3-8-18)6-9-19-16(21)14-11-4-5-12(10-11)15(14)17(19)22/h4-5,11-12,14-15H,1-3,6-10H2/t11-,12+,14-,15-/m0/s1. The molecule has 0 aromatic carbocycles. The average Bonchev–Trinajstić information content (AvgIpc) is 3.21. The van der Waals surface area contributed by atoms with Crippen LogP contribution >= 0.6 is 0 Å². The van der Waals surface area contributed by atoms with Gasteiger partial charge in [-0.1, -0.05) is 12.2 Å². The van der Waals surface area contributed by atoms with Crippen LogP contribution in [0.4, 0.5) is 0 Å². The van der Waals surface area contributed by atoms with Gasteiger partial charge in [-0.25, -0.2) is 0 Å². The summed E-state index contributed by atoms with van der Waals surface area (Å²) >= 11 is 0. The Morgan fingerprint density at radius 2 is 1.59 bits per heavy atom. The summed E-state index contributed by atoms with van der Waals surface area (Å²) in [5.74, 6) is 0.193. The lowest BCUT2D eigenvalue weighted by molar-refractivity contribution is -0.141. The normalized spacial score (nSPS) is 36.4. The molecule has 3 amide bonds. The summed E-state index contributed by atoms with van der Waals surface area (Å²) in [6, 6.07) is 0. The Bertz CT molecular complexity index is 520. The SMILES string of the molecule is O=C(CCN1C(=O)[C@@H]2[C@@H](C1=O)[C@H]1C=C[C@@H]2C1)N1CCCCC1. The minimum atomic E-state index is -0.146. The first-order valence-corrected chi connectivity index (χ1v) is 8.48. The van der Waals surface area contributed by atoms with Gasteiger partial charge in [-0.15, -0.1) is 0 Å². The highest BCUT2D eigenvalue weighted by Gasteiger charge is 2.59. The second kappa shape index (κ2) is 5.21. The van der Waals surface area contributed by atoms with Gasteiger partial charge >= 0.3 is 0 Å². The fourth-order valence-corrected chi connectivity index (χ4v) is 4.69. The maximum absolute atomic E-state index is 12.5. The number of hydrogen-bond acceptors (Lipinski definition) is 3. The smallest absolute Gasteiger partial charge is 0.233 e. The van der Waals surface area contributed by atoms with Crippen molar-refractivity contribution in [1.29, 1.82) is 0 Å². The van der Waals surface area contributed by atoms with Crippen molar-refractivity contribution in [3.8, 4) is 0 Å². The Morgan fingerprint density at radius 3 is 2.18 bits per heavy atom. The van der Waals surface area contributed by atoms with E-state index in [2.05, 4.69) is 12.2 Å². The molecule has 0 N–H and O–H groups in total. The number of piperidine rings is 1. The van der Waals surface area contributed by atoms with Crippen LogP contribution in [-0.4, -0.2) is 47.2 Å². The first-order chi connectivity index (χ1) is 10.7. The van der Waals surface area contributed by atoms with Gasteiger partial charge < -0.3 is 4.90 Å². The zero-order valence-electron chi connectivity index (χ0n) is 12.7. The van der Waals surface area contributed by atoms with E-state index in [4.69, 9.17) is 0 Å². The molecule has 2 heterocycles. The minimum Gasteiger partial charge on any atom is -0.343 e. The minimum absolute atomic E-state index is 0.0432. The summed E-state index contributed by atoms with van der Waals surface area (Å²) in [5, 5.41) is 0. The molecule has 0 aromatic heterocycles. The van der Waals surface area contributed by atoms with Gasteiger partial charge in [-0.3, -0.25) is 19.3 Å². The van der Waals surface area contributed by atoms with Gasteiger partial charge in [0.2, 0.25) is 17.7 Å². The molecule has 4 rings (SSSR count). The Morgan fingerprint density at radius 1 is 1.00 bits per heavy atom. The van der Waals surface area contributed by atoms with Crippen molar-refractivity contribution in [2.45, 2.75) is 32.1 Å². The number of nitrogens with zero attached hydrogens (tertiary/aromatic N) is 2. The molecule has 5 heteroatoms. The van der Waals surface area contributed by atoms with Gasteiger partial charge in [-0.05, 0) is 37.5 Å². The molecule has 2 aliphatic carbocycles. The number of rotatable bonds is 3. The fourth-order valence-electron chi connectivity index (χ4n) is 4.69. The van der Waals surface area contributed by atoms with Crippen molar-refractivity contribution < 1.29 is 14.4 Å². The summed E-state index contributed by atoms with van der Waals surface area (Å²) in [4.78, 5) is 40.5. The second-order valence-electron chi connectivity index (χ2n) is 7.02. The Labute approximate surface area is 130 Å². The maximum Gasteiger partial charge on any atom is 0.233 e. The molecule has 0 aromatic rings. The van der Waals surface area contributed by atoms with Crippen molar-refractivity contribution in [3.05, 3.63) is 12.2 Å². The van der Waals surface area contributed by atoms with E-state index in [0.717, 1.165) is 32.4 Å². The lowest BCUT2D eigenvalue weighted by Gasteiger charge is -2.27. The molecule has 4 aliphatic rings. The zero-order valence-corrected chi connectivity index (χ0v) is 12.7. The van der Waals surface area contributed by atoms with Gasteiger partial charge in [-0.2, -0.15) is 0 Å². The van der Waals surface area contributed by atoms with Crippen LogP contribution in [0.15, 0.2) is 12.2 Å². The topological polar surface area (TPSA) is 57.7 Å². The van der Waals surface area contributed by atoms with E-state index in [1.165, 1.54) is 11.3 Å². The number of amides is 3. The molecule has 2 bridgehead atoms. The predicted molar refractivity (Wildman–Crippen MR) is 79.5 cm³/mol. The van der Waals surface area contributed by atoms with Crippen molar-refractivity contribution >= 4 is 17.7 Å². The van der Waals surface area contributed by atoms with Crippen LogP contribution in [0.2, 0.25) is 0 Å². The monoisotopic (exact) mass is 302 g/mol. The highest BCUT2D eigenvalue weighted by molar-refractivity contribution is 6.06. The van der Waals surface area contributed by atoms with Crippen LogP contribution in [0.25, 0.3) is 0 Å². The largest absolute Gasteiger partial charge is 0.343 e. The Kier molecular flexibility index (Phi) is 3.31. The fraction of sp³-hybridized carbons (Fsp3) is 0.706. The third-order valence-corrected chi connectivity index (χ3v) is 5.82. The Hall–Kier alpha value is -1.65. The summed E-state index contributed by atoms with van der Waals surface area (Å²) in [6.07, 6.45) is 8.73. The van der Waals surface area contributed by atoms with E-state index in [1.54, 1.807) is 0 Å². The molecule has 4 atom stereocenters. The molecule has 0 unspecified atom stereocenters. The van der Waals surface area contributed by atoms with Crippen molar-refractivity contribution in [2.24, 2.45) is 23.7 Å². The van der Waals surface area contributed by atoms with Crippen molar-refractivity contribution in [1.82, 2.24) is 9.80 Å². The summed E-state index contributed by atoms with van der Waals surface area (Å²) in [7, 11) is 0. The lowest BCUT2D eigenvalue weighted by Crippen LogP contribution is -2.40. The van der Waals surface area contributed by atoms with Gasteiger partial charge in [0, 0.05) is 26.1 Å². The first kappa shape index (κ1) is 14.0. The third-order valence-electron chi connectivity index (χ3n) is 5.82. The first-order valence-electron chi connectivity index (χ1n) is 8.48. The quantitative estimate of drug-likeness (QED) is 0.581. The van der Waals surface area contributed by atoms with E-state index in [-0.39, 0.29) is 54.4 Å². The zero-order chi connectivity index (χ0) is 15.3. The van der Waals surface area contributed by atoms with E-state index in [1.807, 2.05) is 4.90 Å². The van der Waals surface area contributed by atoms with Crippen molar-refractivity contribution in [3.63, 3.8) is 0 Å². The van der Waals surface area contributed by atoms with E-state index in [0.29, 0.717) is 0 Å². The number of fused-ring (bicyclic) bond motifs is 5. The van der Waals surface area contributed by atoms with Gasteiger partial charge in [0.25, 0.3) is 0 Å². The van der Waals surface area contributed by atoms with Crippen LogP contribution < -0.4 is 0 Å². The Balaban J connectivity index is 1.39. The molecule has 22 heavy (non-hydrogen) atoms. The molecule has 5 nitrogen and oxygen atoms in total. The second-order valence-corrected chi connectivity index (χ2v) is 7.02. The molecule has 0 spiro atoms. The number of imide groups is 1. The van der Waals surface area contributed by atoms with E-state index < -0.39 is 0 Å². The molecule has 1 saturated carbocycles. The molecule has 0 radical (unpaired) electrons. The average molecular weight is 302 g/mol. The predicted octanol–water partition coefficient (Wildman–Crippen LogP) is 1.20. The molecule has 2 saturated heterocycles. The highest BCUT2D eigenvalue weighted by atomic mass is 16.2. The lowest BCUT2D eigenvalue weighted by atomic mass is 9.85. The van der Waals surface area contributed by atoms with Gasteiger partial charge in [0.1, 0.15) is 0 Å². The molecule has 3 fully saturated rings. The highest BCUT2D eigenvalue weighted by Crippen LogP contribution is 2.52. The van der Waals surface area contributed by atoms with Crippen LogP contribution in [0, 0.1) is 23.7 Å². The molecule has 118 valence electrons. The maximum atomic E-state index is 12.5.